The molecule has 6 nitrogen and oxygen atoms in total. The van der Waals surface area contributed by atoms with E-state index in [4.69, 9.17) is 23.2 Å². The van der Waals surface area contributed by atoms with Gasteiger partial charge in [0.05, 0.1) is 16.8 Å². The minimum atomic E-state index is -3.17. The third kappa shape index (κ3) is 4.29. The van der Waals surface area contributed by atoms with E-state index in [1.165, 1.54) is 22.8 Å². The van der Waals surface area contributed by atoms with Crippen molar-refractivity contribution >= 4 is 39.1 Å². The molecule has 1 N–H and O–H groups in total. The average Bonchev–Trinajstić information content (AvgIpc) is 2.41. The molecule has 1 aromatic rings. The van der Waals surface area contributed by atoms with E-state index in [-0.39, 0.29) is 27.7 Å². The van der Waals surface area contributed by atoms with Crippen molar-refractivity contribution in [3.63, 3.8) is 0 Å². The zero-order valence-corrected chi connectivity index (χ0v) is 13.7. The molecule has 0 atom stereocenters. The van der Waals surface area contributed by atoms with E-state index in [2.05, 4.69) is 10.3 Å². The molecule has 0 unspecified atom stereocenters. The first-order valence-corrected chi connectivity index (χ1v) is 8.95. The van der Waals surface area contributed by atoms with Crippen molar-refractivity contribution in [2.24, 2.45) is 0 Å². The van der Waals surface area contributed by atoms with Crippen LogP contribution >= 0.6 is 23.2 Å². The molecule has 1 aliphatic heterocycles. The molecule has 0 saturated carbocycles. The largest absolute Gasteiger partial charge is 0.349 e. The standard InChI is InChI=1S/C12H15Cl2N3O3S/c1-21(19,20)17-4-2-8(3-5-17)16-12(18)9-6-11(14)15-7-10(9)13/h6-8H,2-5H2,1H3,(H,16,18). The third-order valence-electron chi connectivity index (χ3n) is 3.32. The summed E-state index contributed by atoms with van der Waals surface area (Å²) in [5.41, 5.74) is 0.266. The number of amides is 1. The Morgan fingerprint density at radius 1 is 1.38 bits per heavy atom. The van der Waals surface area contributed by atoms with Crippen molar-refractivity contribution in [2.45, 2.75) is 18.9 Å². The Labute approximate surface area is 133 Å². The Balaban J connectivity index is 1.97. The predicted molar refractivity (Wildman–Crippen MR) is 81.2 cm³/mol. The number of rotatable bonds is 3. The molecule has 1 fully saturated rings. The van der Waals surface area contributed by atoms with Crippen LogP contribution in [0.4, 0.5) is 0 Å². The highest BCUT2D eigenvalue weighted by molar-refractivity contribution is 7.88. The highest BCUT2D eigenvalue weighted by Gasteiger charge is 2.26. The summed E-state index contributed by atoms with van der Waals surface area (Å²) in [6.07, 6.45) is 3.64. The van der Waals surface area contributed by atoms with E-state index >= 15 is 0 Å². The van der Waals surface area contributed by atoms with Crippen LogP contribution in [0.25, 0.3) is 0 Å². The number of sulfonamides is 1. The number of piperidine rings is 1. The van der Waals surface area contributed by atoms with Gasteiger partial charge in [-0.1, -0.05) is 23.2 Å². The maximum absolute atomic E-state index is 12.2. The molecule has 0 bridgehead atoms. The summed E-state index contributed by atoms with van der Waals surface area (Å²) in [5.74, 6) is -0.331. The summed E-state index contributed by atoms with van der Waals surface area (Å²) < 4.78 is 24.2. The van der Waals surface area contributed by atoms with Gasteiger partial charge < -0.3 is 5.32 Å². The summed E-state index contributed by atoms with van der Waals surface area (Å²) >= 11 is 11.7. The van der Waals surface area contributed by atoms with Gasteiger partial charge in [-0.25, -0.2) is 17.7 Å². The molecular weight excluding hydrogens is 337 g/mol. The molecule has 0 aliphatic carbocycles. The van der Waals surface area contributed by atoms with Crippen LogP contribution in [-0.4, -0.2) is 49.0 Å². The number of carbonyl (C=O) groups excluding carboxylic acids is 1. The lowest BCUT2D eigenvalue weighted by atomic mass is 10.1. The fourth-order valence-electron chi connectivity index (χ4n) is 2.18. The predicted octanol–water partition coefficient (Wildman–Crippen LogP) is 1.54. The number of hydrogen-bond donors (Lipinski definition) is 1. The summed E-state index contributed by atoms with van der Waals surface area (Å²) in [7, 11) is -3.17. The number of halogens is 2. The fourth-order valence-corrected chi connectivity index (χ4v) is 3.40. The molecule has 0 spiro atoms. The first-order chi connectivity index (χ1) is 9.77. The second-order valence-corrected chi connectivity index (χ2v) is 7.67. The Morgan fingerprint density at radius 2 is 2.00 bits per heavy atom. The number of nitrogens with zero attached hydrogens (tertiary/aromatic N) is 2. The van der Waals surface area contributed by atoms with Crippen LogP contribution in [0.1, 0.15) is 23.2 Å². The van der Waals surface area contributed by atoms with Gasteiger partial charge in [0.2, 0.25) is 10.0 Å². The maximum Gasteiger partial charge on any atom is 0.253 e. The van der Waals surface area contributed by atoms with Crippen molar-refractivity contribution in [1.29, 1.82) is 0 Å². The Bertz CT molecular complexity index is 643. The van der Waals surface area contributed by atoms with Crippen molar-refractivity contribution in [3.8, 4) is 0 Å². The van der Waals surface area contributed by atoms with Crippen LogP contribution in [0.3, 0.4) is 0 Å². The topological polar surface area (TPSA) is 79.4 Å². The second-order valence-electron chi connectivity index (χ2n) is 4.90. The Hall–Kier alpha value is -0.890. The SMILES string of the molecule is CS(=O)(=O)N1CCC(NC(=O)c2cc(Cl)ncc2Cl)CC1. The molecule has 0 aromatic carbocycles. The van der Waals surface area contributed by atoms with Gasteiger partial charge in [0.1, 0.15) is 5.15 Å². The minimum absolute atomic E-state index is 0.0847. The van der Waals surface area contributed by atoms with Crippen LogP contribution < -0.4 is 5.32 Å². The van der Waals surface area contributed by atoms with Gasteiger partial charge in [-0.15, -0.1) is 0 Å². The zero-order valence-electron chi connectivity index (χ0n) is 11.3. The number of aromatic nitrogens is 1. The molecule has 0 radical (unpaired) electrons. The maximum atomic E-state index is 12.2. The number of carbonyl (C=O) groups is 1. The molecule has 1 saturated heterocycles. The summed E-state index contributed by atoms with van der Waals surface area (Å²) in [6, 6.07) is 1.32. The zero-order chi connectivity index (χ0) is 15.6. The van der Waals surface area contributed by atoms with E-state index in [9.17, 15) is 13.2 Å². The van der Waals surface area contributed by atoms with Crippen molar-refractivity contribution in [3.05, 3.63) is 28.0 Å². The van der Waals surface area contributed by atoms with Gasteiger partial charge in [0.15, 0.2) is 0 Å². The van der Waals surface area contributed by atoms with Gasteiger partial charge in [-0.2, -0.15) is 0 Å². The van der Waals surface area contributed by atoms with Crippen molar-refractivity contribution in [2.75, 3.05) is 19.3 Å². The molecule has 9 heteroatoms. The first kappa shape index (κ1) is 16.5. The van der Waals surface area contributed by atoms with Crippen LogP contribution in [-0.2, 0) is 10.0 Å². The van der Waals surface area contributed by atoms with Crippen molar-refractivity contribution < 1.29 is 13.2 Å². The normalized spacial score (nSPS) is 17.7. The molecule has 2 heterocycles. The van der Waals surface area contributed by atoms with Gasteiger partial charge in [0.25, 0.3) is 5.91 Å². The van der Waals surface area contributed by atoms with Gasteiger partial charge in [0, 0.05) is 25.3 Å². The Morgan fingerprint density at radius 3 is 2.57 bits per heavy atom. The number of hydrogen-bond acceptors (Lipinski definition) is 4. The molecule has 2 rings (SSSR count). The lowest BCUT2D eigenvalue weighted by Crippen LogP contribution is -2.46. The Kier molecular flexibility index (Phi) is 5.08. The van der Waals surface area contributed by atoms with Crippen LogP contribution in [0, 0.1) is 0 Å². The highest BCUT2D eigenvalue weighted by atomic mass is 35.5. The van der Waals surface area contributed by atoms with E-state index in [0.717, 1.165) is 0 Å². The summed E-state index contributed by atoms with van der Waals surface area (Å²) in [4.78, 5) is 15.9. The van der Waals surface area contributed by atoms with Crippen molar-refractivity contribution in [1.82, 2.24) is 14.6 Å². The lowest BCUT2D eigenvalue weighted by molar-refractivity contribution is 0.0924. The van der Waals surface area contributed by atoms with E-state index in [1.54, 1.807) is 0 Å². The smallest absolute Gasteiger partial charge is 0.253 e. The lowest BCUT2D eigenvalue weighted by Gasteiger charge is -2.30. The van der Waals surface area contributed by atoms with Gasteiger partial charge >= 0.3 is 0 Å². The number of nitrogens with one attached hydrogen (secondary N) is 1. The van der Waals surface area contributed by atoms with Gasteiger partial charge in [-0.3, -0.25) is 4.79 Å². The second kappa shape index (κ2) is 6.48. The molecule has 1 amide bonds. The van der Waals surface area contributed by atoms with Crippen LogP contribution in [0.5, 0.6) is 0 Å². The van der Waals surface area contributed by atoms with E-state index in [1.807, 2.05) is 0 Å². The molecule has 21 heavy (non-hydrogen) atoms. The van der Waals surface area contributed by atoms with E-state index in [0.29, 0.717) is 25.9 Å². The quantitative estimate of drug-likeness (QED) is 0.837. The molecule has 1 aromatic heterocycles. The monoisotopic (exact) mass is 351 g/mol. The van der Waals surface area contributed by atoms with Crippen LogP contribution in [0.15, 0.2) is 12.3 Å². The van der Waals surface area contributed by atoms with E-state index < -0.39 is 10.0 Å². The number of pyridine rings is 1. The summed E-state index contributed by atoms with van der Waals surface area (Å²) in [6.45, 7) is 0.795. The molecule has 116 valence electrons. The fraction of sp³-hybridized carbons (Fsp3) is 0.500. The highest BCUT2D eigenvalue weighted by Crippen LogP contribution is 2.19. The third-order valence-corrected chi connectivity index (χ3v) is 5.14. The first-order valence-electron chi connectivity index (χ1n) is 6.34. The van der Waals surface area contributed by atoms with Gasteiger partial charge in [-0.05, 0) is 18.9 Å². The van der Waals surface area contributed by atoms with Crippen LogP contribution in [0.2, 0.25) is 10.2 Å². The minimum Gasteiger partial charge on any atom is -0.349 e. The molecule has 1 aliphatic rings. The molecular formula is C12H15Cl2N3O3S. The summed E-state index contributed by atoms with van der Waals surface area (Å²) in [5, 5.41) is 3.26. The average molecular weight is 352 g/mol.